The number of hydrogen-bond acceptors (Lipinski definition) is 4. The van der Waals surface area contributed by atoms with E-state index in [4.69, 9.17) is 9.47 Å². The summed E-state index contributed by atoms with van der Waals surface area (Å²) in [6.07, 6.45) is -2.44. The van der Waals surface area contributed by atoms with Crippen molar-refractivity contribution in [2.24, 2.45) is 11.0 Å². The number of nitrogens with one attached hydrogen (secondary N) is 1. The lowest BCUT2D eigenvalue weighted by molar-refractivity contribution is -0.137. The highest BCUT2D eigenvalue weighted by atomic mass is 19.4. The Morgan fingerprint density at radius 3 is 2.57 bits per heavy atom. The van der Waals surface area contributed by atoms with Gasteiger partial charge in [-0.3, -0.25) is 4.79 Å². The summed E-state index contributed by atoms with van der Waals surface area (Å²) in [5.74, 6) is 0.180. The van der Waals surface area contributed by atoms with Crippen LogP contribution in [0.2, 0.25) is 0 Å². The predicted molar refractivity (Wildman–Crippen MR) is 97.6 cm³/mol. The summed E-state index contributed by atoms with van der Waals surface area (Å²) in [6.45, 7) is 0. The molecule has 1 aliphatic rings. The smallest absolute Gasteiger partial charge is 0.416 e. The van der Waals surface area contributed by atoms with Crippen molar-refractivity contribution in [2.75, 3.05) is 14.2 Å². The largest absolute Gasteiger partial charge is 0.493 e. The van der Waals surface area contributed by atoms with Crippen LogP contribution in [0.4, 0.5) is 13.2 Å². The summed E-state index contributed by atoms with van der Waals surface area (Å²) in [5.41, 5.74) is 2.94. The Morgan fingerprint density at radius 1 is 1.14 bits per heavy atom. The van der Waals surface area contributed by atoms with Gasteiger partial charge in [0.05, 0.1) is 26.0 Å². The van der Waals surface area contributed by atoms with Crippen LogP contribution in [0.5, 0.6) is 11.5 Å². The number of hydrazone groups is 1. The number of amides is 1. The molecule has 1 saturated carbocycles. The van der Waals surface area contributed by atoms with Crippen molar-refractivity contribution >= 4 is 12.1 Å². The molecular formula is C20H19F3N2O3. The standard InChI is InChI=1S/C20H19F3N2O3/c1-27-17-7-6-12(8-18(17)28-2)11-24-25-19(26)16-10-15(16)13-4-3-5-14(9-13)20(21,22)23/h3-9,11,15-16H,10H2,1-2H3,(H,25,26)/b24-11-. The fraction of sp³-hybridized carbons (Fsp3) is 0.300. The lowest BCUT2D eigenvalue weighted by Crippen LogP contribution is -2.20. The van der Waals surface area contributed by atoms with Crippen LogP contribution in [0.25, 0.3) is 0 Å². The second-order valence-electron chi connectivity index (χ2n) is 6.42. The molecule has 1 aliphatic carbocycles. The van der Waals surface area contributed by atoms with Gasteiger partial charge in [0.25, 0.3) is 0 Å². The van der Waals surface area contributed by atoms with E-state index in [1.165, 1.54) is 26.5 Å². The van der Waals surface area contributed by atoms with E-state index in [-0.39, 0.29) is 17.7 Å². The van der Waals surface area contributed by atoms with Crippen LogP contribution in [0.3, 0.4) is 0 Å². The van der Waals surface area contributed by atoms with Crippen LogP contribution < -0.4 is 14.9 Å². The normalized spacial score (nSPS) is 18.8. The summed E-state index contributed by atoms with van der Waals surface area (Å²) in [7, 11) is 3.05. The molecule has 2 aromatic rings. The monoisotopic (exact) mass is 392 g/mol. The van der Waals surface area contributed by atoms with E-state index in [2.05, 4.69) is 10.5 Å². The third-order valence-corrected chi connectivity index (χ3v) is 4.57. The first kappa shape index (κ1) is 19.7. The molecule has 3 rings (SSSR count). The molecular weight excluding hydrogens is 373 g/mol. The van der Waals surface area contributed by atoms with E-state index in [9.17, 15) is 18.0 Å². The Bertz CT molecular complexity index is 897. The van der Waals surface area contributed by atoms with E-state index in [0.29, 0.717) is 29.0 Å². The van der Waals surface area contributed by atoms with Crippen LogP contribution in [0.1, 0.15) is 29.0 Å². The molecule has 1 fully saturated rings. The summed E-state index contributed by atoms with van der Waals surface area (Å²) >= 11 is 0. The third-order valence-electron chi connectivity index (χ3n) is 4.57. The molecule has 0 spiro atoms. The zero-order valence-electron chi connectivity index (χ0n) is 15.3. The predicted octanol–water partition coefficient (Wildman–Crippen LogP) is 3.98. The number of nitrogens with zero attached hydrogens (tertiary/aromatic N) is 1. The maximum Gasteiger partial charge on any atom is 0.416 e. The molecule has 8 heteroatoms. The molecule has 148 valence electrons. The van der Waals surface area contributed by atoms with E-state index in [1.54, 1.807) is 24.3 Å². The fourth-order valence-corrected chi connectivity index (χ4v) is 2.99. The van der Waals surface area contributed by atoms with Gasteiger partial charge in [-0.2, -0.15) is 18.3 Å². The second-order valence-corrected chi connectivity index (χ2v) is 6.42. The SMILES string of the molecule is COc1ccc(/C=N\NC(=O)C2CC2c2cccc(C(F)(F)F)c2)cc1OC. The fourth-order valence-electron chi connectivity index (χ4n) is 2.99. The first-order valence-corrected chi connectivity index (χ1v) is 8.55. The maximum absolute atomic E-state index is 12.8. The highest BCUT2D eigenvalue weighted by Gasteiger charge is 2.44. The molecule has 2 atom stereocenters. The Hall–Kier alpha value is -3.03. The Balaban J connectivity index is 1.59. The van der Waals surface area contributed by atoms with Crippen molar-refractivity contribution in [1.29, 1.82) is 0 Å². The van der Waals surface area contributed by atoms with Crippen molar-refractivity contribution in [1.82, 2.24) is 5.43 Å². The minimum atomic E-state index is -4.40. The van der Waals surface area contributed by atoms with Crippen molar-refractivity contribution in [2.45, 2.75) is 18.5 Å². The van der Waals surface area contributed by atoms with E-state index < -0.39 is 11.7 Å². The van der Waals surface area contributed by atoms with Crippen molar-refractivity contribution in [3.8, 4) is 11.5 Å². The number of carbonyl (C=O) groups is 1. The summed E-state index contributed by atoms with van der Waals surface area (Å²) in [5, 5.41) is 3.92. The Morgan fingerprint density at radius 2 is 1.89 bits per heavy atom. The molecule has 5 nitrogen and oxygen atoms in total. The number of benzene rings is 2. The average Bonchev–Trinajstić information content (AvgIpc) is 3.48. The van der Waals surface area contributed by atoms with Crippen molar-refractivity contribution < 1.29 is 27.4 Å². The minimum Gasteiger partial charge on any atom is -0.493 e. The number of rotatable bonds is 6. The zero-order chi connectivity index (χ0) is 20.3. The lowest BCUT2D eigenvalue weighted by Gasteiger charge is -2.08. The molecule has 0 bridgehead atoms. The van der Waals surface area contributed by atoms with Gasteiger partial charge >= 0.3 is 6.18 Å². The number of alkyl halides is 3. The number of halogens is 3. The van der Waals surface area contributed by atoms with Crippen molar-refractivity contribution in [3.63, 3.8) is 0 Å². The Labute approximate surface area is 160 Å². The first-order valence-electron chi connectivity index (χ1n) is 8.55. The Kier molecular flexibility index (Phi) is 5.58. The molecule has 0 aromatic heterocycles. The van der Waals surface area contributed by atoms with Crippen LogP contribution in [-0.2, 0) is 11.0 Å². The van der Waals surface area contributed by atoms with Gasteiger partial charge in [0, 0.05) is 5.92 Å². The molecule has 0 radical (unpaired) electrons. The van der Waals surface area contributed by atoms with Gasteiger partial charge in [-0.1, -0.05) is 18.2 Å². The molecule has 1 N–H and O–H groups in total. The number of methoxy groups -OCH3 is 2. The zero-order valence-corrected chi connectivity index (χ0v) is 15.3. The van der Waals surface area contributed by atoms with Crippen LogP contribution in [-0.4, -0.2) is 26.3 Å². The summed E-state index contributed by atoms with van der Waals surface area (Å²) in [4.78, 5) is 12.2. The number of ether oxygens (including phenoxy) is 2. The van der Waals surface area contributed by atoms with Gasteiger partial charge in [0.2, 0.25) is 5.91 Å². The maximum atomic E-state index is 12.8. The first-order chi connectivity index (χ1) is 13.3. The van der Waals surface area contributed by atoms with Gasteiger partial charge in [-0.15, -0.1) is 0 Å². The minimum absolute atomic E-state index is 0.224. The molecule has 2 unspecified atom stereocenters. The topological polar surface area (TPSA) is 59.9 Å². The molecule has 0 aliphatic heterocycles. The van der Waals surface area contributed by atoms with E-state index in [1.807, 2.05) is 0 Å². The van der Waals surface area contributed by atoms with Crippen molar-refractivity contribution in [3.05, 3.63) is 59.2 Å². The number of hydrogen-bond donors (Lipinski definition) is 1. The highest BCUT2D eigenvalue weighted by molar-refractivity contribution is 5.86. The van der Waals surface area contributed by atoms with Crippen LogP contribution in [0, 0.1) is 5.92 Å². The molecule has 0 saturated heterocycles. The molecule has 28 heavy (non-hydrogen) atoms. The third kappa shape index (κ3) is 4.44. The van der Waals surface area contributed by atoms with Crippen LogP contribution >= 0.6 is 0 Å². The van der Waals surface area contributed by atoms with Gasteiger partial charge in [0.1, 0.15) is 0 Å². The van der Waals surface area contributed by atoms with Gasteiger partial charge < -0.3 is 9.47 Å². The molecule has 0 heterocycles. The lowest BCUT2D eigenvalue weighted by atomic mass is 10.1. The van der Waals surface area contributed by atoms with E-state index >= 15 is 0 Å². The number of carbonyl (C=O) groups excluding carboxylic acids is 1. The summed E-state index contributed by atoms with van der Waals surface area (Å²) in [6, 6.07) is 10.3. The second kappa shape index (κ2) is 7.92. The molecule has 2 aromatic carbocycles. The highest BCUT2D eigenvalue weighted by Crippen LogP contribution is 2.48. The molecule has 1 amide bonds. The van der Waals surface area contributed by atoms with Gasteiger partial charge in [-0.05, 0) is 47.7 Å². The van der Waals surface area contributed by atoms with Gasteiger partial charge in [-0.25, -0.2) is 5.43 Å². The summed E-state index contributed by atoms with van der Waals surface area (Å²) < 4.78 is 48.8. The quantitative estimate of drug-likeness (QED) is 0.598. The van der Waals surface area contributed by atoms with Crippen LogP contribution in [0.15, 0.2) is 47.6 Å². The average molecular weight is 392 g/mol. The van der Waals surface area contributed by atoms with Gasteiger partial charge in [0.15, 0.2) is 11.5 Å². The van der Waals surface area contributed by atoms with E-state index in [0.717, 1.165) is 12.1 Å².